The number of furan rings is 1. The van der Waals surface area contributed by atoms with E-state index in [0.29, 0.717) is 12.8 Å². The minimum absolute atomic E-state index is 0.126. The number of rotatable bonds is 7. The number of carboxylic acid groups (broad SMARTS) is 1. The van der Waals surface area contributed by atoms with E-state index >= 15 is 0 Å². The van der Waals surface area contributed by atoms with Crippen molar-refractivity contribution in [2.24, 2.45) is 5.92 Å². The lowest BCUT2D eigenvalue weighted by Crippen LogP contribution is -2.51. The number of carbonyl (C=O) groups excluding carboxylic acids is 1. The van der Waals surface area contributed by atoms with Gasteiger partial charge in [0.05, 0.1) is 6.26 Å². The first-order chi connectivity index (χ1) is 9.43. The Morgan fingerprint density at radius 2 is 2.05 bits per heavy atom. The Labute approximate surface area is 118 Å². The third kappa shape index (κ3) is 4.95. The van der Waals surface area contributed by atoms with E-state index in [1.165, 1.54) is 0 Å². The predicted octanol–water partition coefficient (Wildman–Crippen LogP) is 2.01. The molecule has 0 radical (unpaired) electrons. The summed E-state index contributed by atoms with van der Waals surface area (Å²) in [6.45, 7) is 5.52. The Kier molecular flexibility index (Phi) is 6.09. The summed E-state index contributed by atoms with van der Waals surface area (Å²) < 4.78 is 5.19. The van der Waals surface area contributed by atoms with Gasteiger partial charge in [-0.05, 0) is 25.0 Å². The monoisotopic (exact) mass is 282 g/mol. The molecule has 3 atom stereocenters. The Bertz CT molecular complexity index is 430. The van der Waals surface area contributed by atoms with Crippen molar-refractivity contribution < 1.29 is 19.1 Å². The van der Waals surface area contributed by atoms with Crippen LogP contribution < -0.4 is 10.6 Å². The van der Waals surface area contributed by atoms with E-state index in [1.807, 2.05) is 19.9 Å². The van der Waals surface area contributed by atoms with Crippen LogP contribution in [0.15, 0.2) is 22.8 Å². The molecule has 0 spiro atoms. The van der Waals surface area contributed by atoms with Crippen LogP contribution in [-0.2, 0) is 11.2 Å². The molecule has 0 aliphatic heterocycles. The molecule has 0 aliphatic rings. The van der Waals surface area contributed by atoms with Crippen LogP contribution in [0.3, 0.4) is 0 Å². The van der Waals surface area contributed by atoms with E-state index in [0.717, 1.165) is 5.76 Å². The number of carbonyl (C=O) groups is 2. The van der Waals surface area contributed by atoms with Gasteiger partial charge in [-0.1, -0.05) is 20.3 Å². The molecule has 20 heavy (non-hydrogen) atoms. The molecule has 2 amide bonds. The van der Waals surface area contributed by atoms with Crippen LogP contribution in [0.25, 0.3) is 0 Å². The first kappa shape index (κ1) is 16.1. The van der Waals surface area contributed by atoms with Crippen LogP contribution >= 0.6 is 0 Å². The second-order valence-corrected chi connectivity index (χ2v) is 5.00. The van der Waals surface area contributed by atoms with Gasteiger partial charge >= 0.3 is 12.0 Å². The molecule has 112 valence electrons. The van der Waals surface area contributed by atoms with Gasteiger partial charge in [0.25, 0.3) is 0 Å². The number of hydrogen-bond donors (Lipinski definition) is 3. The fraction of sp³-hybridized carbons (Fsp3) is 0.571. The van der Waals surface area contributed by atoms with Crippen molar-refractivity contribution in [3.05, 3.63) is 24.2 Å². The van der Waals surface area contributed by atoms with Crippen molar-refractivity contribution in [1.82, 2.24) is 10.6 Å². The van der Waals surface area contributed by atoms with Gasteiger partial charge in [0.15, 0.2) is 0 Å². The maximum absolute atomic E-state index is 11.8. The third-order valence-corrected chi connectivity index (χ3v) is 3.23. The Balaban J connectivity index is 2.46. The number of hydrogen-bond acceptors (Lipinski definition) is 3. The quantitative estimate of drug-likeness (QED) is 0.713. The lowest BCUT2D eigenvalue weighted by molar-refractivity contribution is -0.140. The second-order valence-electron chi connectivity index (χ2n) is 5.00. The van der Waals surface area contributed by atoms with Crippen molar-refractivity contribution in [3.8, 4) is 0 Å². The SMILES string of the molecule is CC[C@H](C)[C@H](NC(=O)NC(C)Cc1ccco1)C(=O)O. The minimum Gasteiger partial charge on any atom is -0.480 e. The molecule has 6 nitrogen and oxygen atoms in total. The van der Waals surface area contributed by atoms with Gasteiger partial charge in [-0.25, -0.2) is 9.59 Å². The second kappa shape index (κ2) is 7.57. The molecule has 1 rings (SSSR count). The van der Waals surface area contributed by atoms with E-state index in [1.54, 1.807) is 19.3 Å². The van der Waals surface area contributed by atoms with Crippen LogP contribution in [0.5, 0.6) is 0 Å². The molecule has 0 bridgehead atoms. The summed E-state index contributed by atoms with van der Waals surface area (Å²) in [5.74, 6) is -0.374. The maximum Gasteiger partial charge on any atom is 0.326 e. The van der Waals surface area contributed by atoms with Crippen LogP contribution in [0, 0.1) is 5.92 Å². The van der Waals surface area contributed by atoms with E-state index in [9.17, 15) is 9.59 Å². The van der Waals surface area contributed by atoms with Gasteiger partial charge in [-0.3, -0.25) is 0 Å². The van der Waals surface area contributed by atoms with Gasteiger partial charge in [0.1, 0.15) is 11.8 Å². The maximum atomic E-state index is 11.8. The zero-order valence-corrected chi connectivity index (χ0v) is 12.1. The van der Waals surface area contributed by atoms with Crippen molar-refractivity contribution >= 4 is 12.0 Å². The normalized spacial score (nSPS) is 15.2. The number of carboxylic acids is 1. The summed E-state index contributed by atoms with van der Waals surface area (Å²) in [6, 6.07) is 2.11. The summed E-state index contributed by atoms with van der Waals surface area (Å²) in [7, 11) is 0. The average Bonchev–Trinajstić information content (AvgIpc) is 2.87. The highest BCUT2D eigenvalue weighted by Gasteiger charge is 2.25. The largest absolute Gasteiger partial charge is 0.480 e. The lowest BCUT2D eigenvalue weighted by atomic mass is 9.99. The molecule has 0 fully saturated rings. The summed E-state index contributed by atoms with van der Waals surface area (Å²) in [4.78, 5) is 22.9. The van der Waals surface area contributed by atoms with Gasteiger partial charge < -0.3 is 20.2 Å². The summed E-state index contributed by atoms with van der Waals surface area (Å²) >= 11 is 0. The highest BCUT2D eigenvalue weighted by molar-refractivity contribution is 5.82. The summed E-state index contributed by atoms with van der Waals surface area (Å²) in [6.07, 6.45) is 2.81. The molecule has 0 aromatic carbocycles. The van der Waals surface area contributed by atoms with E-state index in [2.05, 4.69) is 10.6 Å². The number of urea groups is 1. The van der Waals surface area contributed by atoms with Crippen molar-refractivity contribution in [2.45, 2.75) is 45.7 Å². The van der Waals surface area contributed by atoms with Gasteiger partial charge in [-0.15, -0.1) is 0 Å². The molecular formula is C14H22N2O4. The number of amides is 2. The Morgan fingerprint density at radius 3 is 2.55 bits per heavy atom. The van der Waals surface area contributed by atoms with Gasteiger partial charge in [0.2, 0.25) is 0 Å². The predicted molar refractivity (Wildman–Crippen MR) is 74.4 cm³/mol. The van der Waals surface area contributed by atoms with Crippen molar-refractivity contribution in [2.75, 3.05) is 0 Å². The molecule has 6 heteroatoms. The smallest absolute Gasteiger partial charge is 0.326 e. The van der Waals surface area contributed by atoms with Crippen LogP contribution in [0.4, 0.5) is 4.79 Å². The number of aliphatic carboxylic acids is 1. The van der Waals surface area contributed by atoms with Gasteiger partial charge in [0, 0.05) is 12.5 Å². The molecule has 1 aromatic rings. The van der Waals surface area contributed by atoms with Crippen LogP contribution in [0.2, 0.25) is 0 Å². The molecular weight excluding hydrogens is 260 g/mol. The Hall–Kier alpha value is -1.98. The molecule has 3 N–H and O–H groups in total. The van der Waals surface area contributed by atoms with Crippen LogP contribution in [0.1, 0.15) is 33.0 Å². The van der Waals surface area contributed by atoms with E-state index in [-0.39, 0.29) is 12.0 Å². The van der Waals surface area contributed by atoms with Crippen molar-refractivity contribution in [1.29, 1.82) is 0 Å². The minimum atomic E-state index is -1.02. The lowest BCUT2D eigenvalue weighted by Gasteiger charge is -2.21. The molecule has 0 saturated heterocycles. The Morgan fingerprint density at radius 1 is 1.35 bits per heavy atom. The molecule has 0 aliphatic carbocycles. The summed E-state index contributed by atoms with van der Waals surface area (Å²) in [5.41, 5.74) is 0. The van der Waals surface area contributed by atoms with Gasteiger partial charge in [-0.2, -0.15) is 0 Å². The molecule has 0 saturated carbocycles. The fourth-order valence-electron chi connectivity index (χ4n) is 1.87. The van der Waals surface area contributed by atoms with Crippen LogP contribution in [-0.4, -0.2) is 29.2 Å². The first-order valence-corrected chi connectivity index (χ1v) is 6.76. The van der Waals surface area contributed by atoms with E-state index in [4.69, 9.17) is 9.52 Å². The first-order valence-electron chi connectivity index (χ1n) is 6.76. The topological polar surface area (TPSA) is 91.6 Å². The van der Waals surface area contributed by atoms with E-state index < -0.39 is 18.0 Å². The summed E-state index contributed by atoms with van der Waals surface area (Å²) in [5, 5.41) is 14.3. The molecule has 1 aromatic heterocycles. The highest BCUT2D eigenvalue weighted by atomic mass is 16.4. The third-order valence-electron chi connectivity index (χ3n) is 3.23. The number of nitrogens with one attached hydrogen (secondary N) is 2. The highest BCUT2D eigenvalue weighted by Crippen LogP contribution is 2.08. The standard InChI is InChI=1S/C14H22N2O4/c1-4-9(2)12(13(17)18)16-14(19)15-10(3)8-11-6-5-7-20-11/h5-7,9-10,12H,4,8H2,1-3H3,(H,17,18)(H2,15,16,19)/t9-,10?,12-/m0/s1. The molecule has 1 heterocycles. The zero-order valence-electron chi connectivity index (χ0n) is 12.1. The zero-order chi connectivity index (χ0) is 15.1. The fourth-order valence-corrected chi connectivity index (χ4v) is 1.87. The average molecular weight is 282 g/mol. The molecule has 1 unspecified atom stereocenters. The van der Waals surface area contributed by atoms with Crippen molar-refractivity contribution in [3.63, 3.8) is 0 Å².